The summed E-state index contributed by atoms with van der Waals surface area (Å²) in [4.78, 5) is 5.24. The number of hydrogen-bond acceptors (Lipinski definition) is 3. The quantitative estimate of drug-likeness (QED) is 0.144. The Hall–Kier alpha value is -6.98. The minimum atomic E-state index is -0.854. The Morgan fingerprint density at radius 3 is 1.48 bits per heavy atom. The third kappa shape index (κ3) is 2.91. The zero-order valence-corrected chi connectivity index (χ0v) is 32.6. The lowest BCUT2D eigenvalue weighted by Crippen LogP contribution is -2.80. The van der Waals surface area contributed by atoms with Crippen LogP contribution in [0, 0.1) is 0 Å². The molecule has 0 radical (unpaired) electrons. The van der Waals surface area contributed by atoms with E-state index in [1.807, 2.05) is 0 Å². The first-order chi connectivity index (χ1) is 28.3. The number of pyridine rings is 2. The highest BCUT2D eigenvalue weighted by molar-refractivity contribution is 6.09. The zero-order valence-electron chi connectivity index (χ0n) is 32.6. The van der Waals surface area contributed by atoms with E-state index in [-0.39, 0.29) is 10.8 Å². The fraction of sp³-hybridized carbons (Fsp3) is 0.132. The van der Waals surface area contributed by atoms with Gasteiger partial charge in [-0.25, -0.2) is 0 Å². The van der Waals surface area contributed by atoms with Gasteiger partial charge in [0.25, 0.3) is 11.6 Å². The van der Waals surface area contributed by atoms with Gasteiger partial charge in [-0.2, -0.15) is 18.9 Å². The third-order valence-electron chi connectivity index (χ3n) is 14.9. The van der Waals surface area contributed by atoms with Gasteiger partial charge < -0.3 is 4.74 Å². The molecule has 0 saturated carbocycles. The van der Waals surface area contributed by atoms with Crippen LogP contribution in [0.25, 0.3) is 44.5 Å². The molecule has 2 aromatic heterocycles. The van der Waals surface area contributed by atoms with Gasteiger partial charge in [-0.1, -0.05) is 119 Å². The molecule has 0 fully saturated rings. The van der Waals surface area contributed by atoms with Gasteiger partial charge in [0.05, 0.1) is 23.5 Å². The molecule has 0 aliphatic carbocycles. The monoisotopic (exact) mass is 744 g/mol. The number of para-hydroxylation sites is 2. The molecular formula is C53H36N4O+2. The van der Waals surface area contributed by atoms with Crippen LogP contribution in [0.15, 0.2) is 146 Å². The molecule has 7 aliphatic heterocycles. The molecule has 0 amide bonds. The van der Waals surface area contributed by atoms with E-state index in [1.165, 1.54) is 112 Å². The smallest absolute Gasteiger partial charge is 0.321 e. The highest BCUT2D eigenvalue weighted by Gasteiger charge is 2.70. The van der Waals surface area contributed by atoms with Crippen LogP contribution >= 0.6 is 0 Å². The Morgan fingerprint density at radius 2 is 0.828 bits per heavy atom. The van der Waals surface area contributed by atoms with Gasteiger partial charge in [-0.3, -0.25) is 0 Å². The van der Waals surface area contributed by atoms with Gasteiger partial charge in [0, 0.05) is 44.2 Å². The van der Waals surface area contributed by atoms with Crippen molar-refractivity contribution in [1.29, 1.82) is 0 Å². The predicted molar refractivity (Wildman–Crippen MR) is 227 cm³/mol. The zero-order chi connectivity index (χ0) is 38.2. The van der Waals surface area contributed by atoms with Gasteiger partial charge in [0.15, 0.2) is 11.4 Å². The summed E-state index contributed by atoms with van der Waals surface area (Å²) in [6.45, 7) is 9.66. The maximum absolute atomic E-state index is 7.36. The van der Waals surface area contributed by atoms with Crippen LogP contribution in [0.1, 0.15) is 61.1 Å². The summed E-state index contributed by atoms with van der Waals surface area (Å²) in [6, 6.07) is 50.4. The molecule has 15 rings (SSSR count). The van der Waals surface area contributed by atoms with E-state index < -0.39 is 5.66 Å². The van der Waals surface area contributed by atoms with Crippen LogP contribution in [0.2, 0.25) is 0 Å². The average molecular weight is 745 g/mol. The van der Waals surface area contributed by atoms with Crippen molar-refractivity contribution >= 4 is 34.4 Å². The van der Waals surface area contributed by atoms with Crippen molar-refractivity contribution < 1.29 is 13.9 Å². The topological polar surface area (TPSA) is 23.5 Å². The van der Waals surface area contributed by atoms with E-state index >= 15 is 0 Å². The largest absolute Gasteiger partial charge is 0.456 e. The van der Waals surface area contributed by atoms with Crippen molar-refractivity contribution in [2.75, 3.05) is 9.80 Å². The van der Waals surface area contributed by atoms with Crippen molar-refractivity contribution in [3.63, 3.8) is 0 Å². The first-order valence-electron chi connectivity index (χ1n) is 20.5. The van der Waals surface area contributed by atoms with E-state index in [9.17, 15) is 0 Å². The third-order valence-corrected chi connectivity index (χ3v) is 14.9. The van der Waals surface area contributed by atoms with Crippen molar-refractivity contribution in [2.24, 2.45) is 0 Å². The highest BCUT2D eigenvalue weighted by Crippen LogP contribution is 2.69. The lowest BCUT2D eigenvalue weighted by Gasteiger charge is -2.50. The molecule has 0 N–H and O–H groups in total. The van der Waals surface area contributed by atoms with Gasteiger partial charge in [-0.15, -0.1) is 0 Å². The first-order valence-corrected chi connectivity index (χ1v) is 20.5. The van der Waals surface area contributed by atoms with Crippen molar-refractivity contribution in [1.82, 2.24) is 0 Å². The summed E-state index contributed by atoms with van der Waals surface area (Å²) in [5, 5.41) is 0. The van der Waals surface area contributed by atoms with Gasteiger partial charge in [-0.05, 0) is 64.7 Å². The minimum absolute atomic E-state index is 0.288. The SMILES string of the molecule is CC1(C)c2cccc3c2N2c4c1ccc1c4C4(c5c(ccc6c5N5c7c(cccc7C(C)(C)c7ccc[n+]4c75)-c4ccccc4-6)O1)[n+]1cccc(c12)-c1ccccc1-3. The number of ether oxygens (including phenoxy) is 1. The second-order valence-corrected chi connectivity index (χ2v) is 18.1. The fourth-order valence-corrected chi connectivity index (χ4v) is 12.5. The van der Waals surface area contributed by atoms with Crippen molar-refractivity contribution in [3.05, 3.63) is 179 Å². The molecule has 7 aliphatic rings. The molecule has 1 spiro atoms. The molecule has 1 unspecified atom stereocenters. The molecule has 272 valence electrons. The standard InChI is InChI=1S/C53H36N4O/c1-51(2)37-20-9-18-34-31-15-7-8-16-32(31)36-19-11-27-54-49(36)57(46(34)37)48-39(51)24-26-42-44(48)53(54)43-41(58-42)25-23-35-30-14-6-5-13-29(30)33-17-10-21-38-45(33)56(47(35)43)50-40(52(38,3)4)22-12-28-55(50)53/h5-28H,1-4H3/q+2. The molecular weight excluding hydrogens is 709 g/mol. The average Bonchev–Trinajstić information content (AvgIpc) is 3.46. The summed E-state index contributed by atoms with van der Waals surface area (Å²) in [7, 11) is 0. The predicted octanol–water partition coefficient (Wildman–Crippen LogP) is 11.8. The lowest BCUT2D eigenvalue weighted by molar-refractivity contribution is -0.962. The van der Waals surface area contributed by atoms with Gasteiger partial charge in [0.1, 0.15) is 34.0 Å². The van der Waals surface area contributed by atoms with Crippen LogP contribution in [0.4, 0.5) is 34.4 Å². The van der Waals surface area contributed by atoms with Gasteiger partial charge in [0.2, 0.25) is 0 Å². The van der Waals surface area contributed by atoms with E-state index in [4.69, 9.17) is 4.74 Å². The number of anilines is 6. The number of nitrogens with zero attached hydrogens (tertiary/aromatic N) is 4. The summed E-state index contributed by atoms with van der Waals surface area (Å²) in [5.41, 5.74) is 21.1. The first kappa shape index (κ1) is 30.2. The number of fused-ring (bicyclic) bond motifs is 6. The molecule has 0 bridgehead atoms. The Balaban J connectivity index is 1.23. The Labute approximate surface area is 336 Å². The summed E-state index contributed by atoms with van der Waals surface area (Å²) >= 11 is 0. The number of benzene rings is 6. The van der Waals surface area contributed by atoms with Crippen LogP contribution in [0.5, 0.6) is 11.5 Å². The molecule has 5 heteroatoms. The van der Waals surface area contributed by atoms with Gasteiger partial charge >= 0.3 is 5.66 Å². The van der Waals surface area contributed by atoms with Crippen LogP contribution < -0.4 is 23.7 Å². The van der Waals surface area contributed by atoms with Crippen molar-refractivity contribution in [2.45, 2.75) is 44.2 Å². The summed E-state index contributed by atoms with van der Waals surface area (Å²) < 4.78 is 12.6. The molecule has 58 heavy (non-hydrogen) atoms. The fourth-order valence-electron chi connectivity index (χ4n) is 12.5. The molecule has 5 nitrogen and oxygen atoms in total. The van der Waals surface area contributed by atoms with E-state index in [2.05, 4.69) is 192 Å². The Morgan fingerprint density at radius 1 is 0.379 bits per heavy atom. The number of rotatable bonds is 0. The van der Waals surface area contributed by atoms with Crippen molar-refractivity contribution in [3.8, 4) is 56.0 Å². The maximum atomic E-state index is 7.36. The Bertz CT molecular complexity index is 3320. The molecule has 9 heterocycles. The number of hydrogen-bond donors (Lipinski definition) is 0. The molecule has 1 atom stereocenters. The van der Waals surface area contributed by atoms with Crippen LogP contribution in [0.3, 0.4) is 0 Å². The van der Waals surface area contributed by atoms with E-state index in [1.54, 1.807) is 0 Å². The lowest BCUT2D eigenvalue weighted by atomic mass is 9.68. The Kier molecular flexibility index (Phi) is 4.81. The van der Waals surface area contributed by atoms with Crippen LogP contribution in [-0.4, -0.2) is 0 Å². The normalized spacial score (nSPS) is 19.1. The molecule has 8 aromatic rings. The van der Waals surface area contributed by atoms with E-state index in [0.717, 1.165) is 11.5 Å². The second-order valence-electron chi connectivity index (χ2n) is 18.1. The number of aromatic nitrogens is 2. The maximum Gasteiger partial charge on any atom is 0.321 e. The summed E-state index contributed by atoms with van der Waals surface area (Å²) in [6.07, 6.45) is 4.71. The molecule has 0 saturated heterocycles. The highest BCUT2D eigenvalue weighted by atomic mass is 16.5. The molecule has 6 aromatic carbocycles. The summed E-state index contributed by atoms with van der Waals surface area (Å²) in [5.74, 6) is 4.18. The minimum Gasteiger partial charge on any atom is -0.456 e. The van der Waals surface area contributed by atoms with Crippen LogP contribution in [-0.2, 0) is 16.5 Å². The second kappa shape index (κ2) is 9.25. The van der Waals surface area contributed by atoms with E-state index in [0.29, 0.717) is 0 Å².